The molecular weight excluding hydrogens is 210 g/mol. The number of hydrogen-bond acceptors (Lipinski definition) is 5. The second-order valence-corrected chi connectivity index (χ2v) is 3.27. The van der Waals surface area contributed by atoms with Crippen LogP contribution in [-0.2, 0) is 4.74 Å². The minimum Gasteiger partial charge on any atom is -0.379 e. The van der Waals surface area contributed by atoms with Crippen molar-refractivity contribution >= 4 is 11.7 Å². The third-order valence-electron chi connectivity index (χ3n) is 2.08. The van der Waals surface area contributed by atoms with Gasteiger partial charge in [0, 0.05) is 6.61 Å². The van der Waals surface area contributed by atoms with Crippen LogP contribution in [-0.4, -0.2) is 37.0 Å². The summed E-state index contributed by atoms with van der Waals surface area (Å²) in [6.45, 7) is 1.04. The number of rotatable bonds is 3. The molecule has 0 saturated carbocycles. The van der Waals surface area contributed by atoms with Crippen LogP contribution in [0.3, 0.4) is 0 Å². The van der Waals surface area contributed by atoms with Crippen LogP contribution in [0.5, 0.6) is 0 Å². The van der Waals surface area contributed by atoms with Gasteiger partial charge in [-0.25, -0.2) is 4.79 Å². The molecule has 0 aromatic carbocycles. The Morgan fingerprint density at radius 1 is 1.56 bits per heavy atom. The van der Waals surface area contributed by atoms with Crippen molar-refractivity contribution in [2.75, 3.05) is 13.2 Å². The van der Waals surface area contributed by atoms with E-state index in [2.05, 4.69) is 10.6 Å². The highest BCUT2D eigenvalue weighted by atomic mass is 16.5. The summed E-state index contributed by atoms with van der Waals surface area (Å²) in [6, 6.07) is 1.32. The van der Waals surface area contributed by atoms with Crippen LogP contribution in [0.25, 0.3) is 0 Å². The molecule has 2 amide bonds. The number of nitrogens with zero attached hydrogens (tertiary/aromatic N) is 2. The second-order valence-electron chi connectivity index (χ2n) is 3.27. The van der Waals surface area contributed by atoms with E-state index in [1.807, 2.05) is 0 Å². The first-order valence-corrected chi connectivity index (χ1v) is 4.70. The van der Waals surface area contributed by atoms with Gasteiger partial charge in [-0.15, -0.1) is 0 Å². The first kappa shape index (κ1) is 12.0. The van der Waals surface area contributed by atoms with E-state index in [1.54, 1.807) is 6.07 Å². The highest BCUT2D eigenvalue weighted by Crippen LogP contribution is 2.02. The lowest BCUT2D eigenvalue weighted by Gasteiger charge is -2.13. The number of ether oxygens (including phenoxy) is 1. The first-order valence-electron chi connectivity index (χ1n) is 4.70. The lowest BCUT2D eigenvalue weighted by Crippen LogP contribution is -2.48. The van der Waals surface area contributed by atoms with E-state index in [1.165, 1.54) is 6.07 Å². The molecule has 1 fully saturated rings. The molecular formula is C9H11N5O2. The van der Waals surface area contributed by atoms with Gasteiger partial charge in [-0.05, 0) is 6.42 Å². The largest absolute Gasteiger partial charge is 0.379 e. The van der Waals surface area contributed by atoms with Crippen molar-refractivity contribution in [3.8, 4) is 12.1 Å². The molecule has 16 heavy (non-hydrogen) atoms. The van der Waals surface area contributed by atoms with Crippen LogP contribution in [0.4, 0.5) is 4.79 Å². The summed E-state index contributed by atoms with van der Waals surface area (Å²) < 4.78 is 5.06. The van der Waals surface area contributed by atoms with E-state index in [0.29, 0.717) is 13.2 Å². The molecule has 1 unspecified atom stereocenters. The van der Waals surface area contributed by atoms with Gasteiger partial charge >= 0.3 is 6.03 Å². The molecule has 0 radical (unpaired) electrons. The van der Waals surface area contributed by atoms with E-state index < -0.39 is 17.8 Å². The summed E-state index contributed by atoms with van der Waals surface area (Å²) >= 11 is 0. The van der Waals surface area contributed by atoms with Crippen molar-refractivity contribution in [2.45, 2.75) is 18.5 Å². The SMILES string of the molecule is N#CC(=N)C(C#N)NC(=O)N[C@@H]1CCOC1. The van der Waals surface area contributed by atoms with Crippen molar-refractivity contribution in [3.63, 3.8) is 0 Å². The molecule has 0 spiro atoms. The van der Waals surface area contributed by atoms with Crippen LogP contribution < -0.4 is 10.6 Å². The number of carbonyl (C=O) groups excluding carboxylic acids is 1. The predicted octanol–water partition coefficient (Wildman–Crippen LogP) is -0.490. The third-order valence-corrected chi connectivity index (χ3v) is 2.08. The third kappa shape index (κ3) is 3.23. The standard InChI is InChI=1S/C9H11N5O2/c10-3-7(12)8(4-11)14-9(15)13-6-1-2-16-5-6/h6,8,12H,1-2,5H2,(H2,13,14,15)/t6-,8?/m1/s1. The van der Waals surface area contributed by atoms with Crippen LogP contribution >= 0.6 is 0 Å². The number of nitriles is 2. The summed E-state index contributed by atoms with van der Waals surface area (Å²) in [5.74, 6) is 0. The van der Waals surface area contributed by atoms with Gasteiger partial charge in [0.15, 0.2) is 6.04 Å². The van der Waals surface area contributed by atoms with Crippen LogP contribution in [0.1, 0.15) is 6.42 Å². The Balaban J connectivity index is 2.41. The lowest BCUT2D eigenvalue weighted by molar-refractivity contribution is 0.188. The van der Waals surface area contributed by atoms with Gasteiger partial charge in [-0.2, -0.15) is 10.5 Å². The van der Waals surface area contributed by atoms with E-state index in [9.17, 15) is 4.79 Å². The van der Waals surface area contributed by atoms with Gasteiger partial charge in [0.1, 0.15) is 11.8 Å². The maximum absolute atomic E-state index is 11.4. The number of hydrogen-bond donors (Lipinski definition) is 3. The highest BCUT2D eigenvalue weighted by molar-refractivity contribution is 6.03. The molecule has 1 aliphatic rings. The predicted molar refractivity (Wildman–Crippen MR) is 53.6 cm³/mol. The van der Waals surface area contributed by atoms with Gasteiger partial charge in [0.05, 0.1) is 18.7 Å². The van der Waals surface area contributed by atoms with Crippen molar-refractivity contribution in [1.82, 2.24) is 10.6 Å². The van der Waals surface area contributed by atoms with Gasteiger partial charge < -0.3 is 15.4 Å². The summed E-state index contributed by atoms with van der Waals surface area (Å²) in [6.07, 6.45) is 0.723. The van der Waals surface area contributed by atoms with Gasteiger partial charge in [-0.3, -0.25) is 5.41 Å². The maximum atomic E-state index is 11.4. The first-order chi connectivity index (χ1) is 7.67. The van der Waals surface area contributed by atoms with Crippen LogP contribution in [0.2, 0.25) is 0 Å². The topological polar surface area (TPSA) is 122 Å². The smallest absolute Gasteiger partial charge is 0.316 e. The average Bonchev–Trinajstić information content (AvgIpc) is 2.77. The molecule has 84 valence electrons. The summed E-state index contributed by atoms with van der Waals surface area (Å²) in [5.41, 5.74) is -0.486. The Morgan fingerprint density at radius 3 is 2.81 bits per heavy atom. The van der Waals surface area contributed by atoms with Gasteiger partial charge in [0.25, 0.3) is 0 Å². The monoisotopic (exact) mass is 221 g/mol. The summed E-state index contributed by atoms with van der Waals surface area (Å²) in [7, 11) is 0. The number of nitrogens with one attached hydrogen (secondary N) is 3. The molecule has 2 atom stereocenters. The zero-order valence-electron chi connectivity index (χ0n) is 8.49. The molecule has 0 bridgehead atoms. The molecule has 1 heterocycles. The second kappa shape index (κ2) is 5.69. The van der Waals surface area contributed by atoms with E-state index in [-0.39, 0.29) is 6.04 Å². The van der Waals surface area contributed by atoms with Crippen LogP contribution in [0, 0.1) is 28.1 Å². The molecule has 7 heteroatoms. The van der Waals surface area contributed by atoms with Crippen molar-refractivity contribution in [2.24, 2.45) is 0 Å². The molecule has 1 aliphatic heterocycles. The molecule has 1 rings (SSSR count). The zero-order valence-corrected chi connectivity index (χ0v) is 8.49. The Hall–Kier alpha value is -2.12. The number of carbonyl (C=O) groups is 1. The minimum atomic E-state index is -1.20. The Bertz CT molecular complexity index is 361. The molecule has 3 N–H and O–H groups in total. The maximum Gasteiger partial charge on any atom is 0.316 e. The molecule has 0 aromatic heterocycles. The van der Waals surface area contributed by atoms with E-state index >= 15 is 0 Å². The molecule has 7 nitrogen and oxygen atoms in total. The van der Waals surface area contributed by atoms with Gasteiger partial charge in [-0.1, -0.05) is 0 Å². The fourth-order valence-corrected chi connectivity index (χ4v) is 1.24. The number of amides is 2. The number of urea groups is 1. The van der Waals surface area contributed by atoms with Crippen molar-refractivity contribution in [1.29, 1.82) is 15.9 Å². The quantitative estimate of drug-likeness (QED) is 0.556. The summed E-state index contributed by atoms with van der Waals surface area (Å²) in [5, 5.41) is 29.0. The molecule has 0 aromatic rings. The zero-order chi connectivity index (χ0) is 12.0. The van der Waals surface area contributed by atoms with E-state index in [0.717, 1.165) is 6.42 Å². The van der Waals surface area contributed by atoms with Crippen molar-refractivity contribution in [3.05, 3.63) is 0 Å². The fraction of sp³-hybridized carbons (Fsp3) is 0.556. The normalized spacial score (nSPS) is 20.2. The average molecular weight is 221 g/mol. The Morgan fingerprint density at radius 2 is 2.31 bits per heavy atom. The van der Waals surface area contributed by atoms with Crippen LogP contribution in [0.15, 0.2) is 0 Å². The van der Waals surface area contributed by atoms with Gasteiger partial charge in [0.2, 0.25) is 0 Å². The van der Waals surface area contributed by atoms with Crippen molar-refractivity contribution < 1.29 is 9.53 Å². The Kier molecular flexibility index (Phi) is 4.25. The lowest BCUT2D eigenvalue weighted by atomic mass is 10.2. The molecule has 1 saturated heterocycles. The fourth-order valence-electron chi connectivity index (χ4n) is 1.24. The van der Waals surface area contributed by atoms with E-state index in [4.69, 9.17) is 20.7 Å². The molecule has 0 aliphatic carbocycles. The highest BCUT2D eigenvalue weighted by Gasteiger charge is 2.21. The minimum absolute atomic E-state index is 0.0735. The Labute approximate surface area is 92.5 Å². The summed E-state index contributed by atoms with van der Waals surface area (Å²) in [4.78, 5) is 11.4.